The summed E-state index contributed by atoms with van der Waals surface area (Å²) in [5, 5.41) is 0. The molecule has 3 aromatic heterocycles. The minimum atomic E-state index is -0.0935. The third kappa shape index (κ3) is 6.76. The fraction of sp³-hybridized carbons (Fsp3) is 0.528. The molecule has 3 aromatic rings. The van der Waals surface area contributed by atoms with Crippen LogP contribution in [0.1, 0.15) is 86.9 Å². The summed E-state index contributed by atoms with van der Waals surface area (Å²) in [6.07, 6.45) is 10.6. The van der Waals surface area contributed by atoms with E-state index in [0.29, 0.717) is 30.0 Å². The molecule has 0 amide bonds. The number of nitrogens with zero attached hydrogens (tertiary/aromatic N) is 4. The molecule has 2 aliphatic heterocycles. The van der Waals surface area contributed by atoms with Crippen LogP contribution in [0.15, 0.2) is 46.4 Å². The predicted molar refractivity (Wildman–Crippen MR) is 176 cm³/mol. The van der Waals surface area contributed by atoms with E-state index in [-0.39, 0.29) is 28.7 Å². The molecule has 1 saturated heterocycles. The van der Waals surface area contributed by atoms with E-state index in [1.165, 1.54) is 11.3 Å². The molecule has 8 nitrogen and oxygen atoms in total. The second kappa shape index (κ2) is 12.5. The molecule has 0 bridgehead atoms. The van der Waals surface area contributed by atoms with Gasteiger partial charge in [0, 0.05) is 48.1 Å². The summed E-state index contributed by atoms with van der Waals surface area (Å²) in [6, 6.07) is 8.42. The molecular weight excluding hydrogens is 548 g/mol. The fourth-order valence-corrected chi connectivity index (χ4v) is 6.97. The SMILES string of the molecule is Cc1cc(-c2ccc([C@@H](CCN3CCC(N)CC3)CC(=O)C3=Nc4cc5c(nc4C3)CC[C@H](C(C)(C)C)C5)cn2)c[nH]c1=O. The number of carbonyl (C=O) groups is 1. The Morgan fingerprint density at radius 1 is 1.14 bits per heavy atom. The molecule has 0 saturated carbocycles. The Hall–Kier alpha value is -3.49. The average molecular weight is 595 g/mol. The van der Waals surface area contributed by atoms with Crippen molar-refractivity contribution in [3.05, 3.63) is 75.1 Å². The second-order valence-electron chi connectivity index (χ2n) is 14.3. The molecule has 5 heterocycles. The van der Waals surface area contributed by atoms with Crippen molar-refractivity contribution in [2.45, 2.75) is 91.0 Å². The largest absolute Gasteiger partial charge is 0.328 e. The van der Waals surface area contributed by atoms with Gasteiger partial charge in [0.15, 0.2) is 5.78 Å². The first kappa shape index (κ1) is 30.5. The summed E-state index contributed by atoms with van der Waals surface area (Å²) in [7, 11) is 0. The van der Waals surface area contributed by atoms with Crippen LogP contribution in [0.5, 0.6) is 0 Å². The van der Waals surface area contributed by atoms with Crippen LogP contribution in [-0.2, 0) is 24.1 Å². The van der Waals surface area contributed by atoms with Gasteiger partial charge in [0.05, 0.1) is 22.8 Å². The summed E-state index contributed by atoms with van der Waals surface area (Å²) in [5.41, 5.74) is 14.6. The van der Waals surface area contributed by atoms with Crippen molar-refractivity contribution in [3.8, 4) is 11.3 Å². The van der Waals surface area contributed by atoms with Crippen LogP contribution in [0.4, 0.5) is 5.69 Å². The summed E-state index contributed by atoms with van der Waals surface area (Å²) in [4.78, 5) is 45.5. The van der Waals surface area contributed by atoms with Crippen molar-refractivity contribution in [1.29, 1.82) is 0 Å². The lowest BCUT2D eigenvalue weighted by molar-refractivity contribution is -0.113. The highest BCUT2D eigenvalue weighted by Gasteiger charge is 2.32. The predicted octanol–water partition coefficient (Wildman–Crippen LogP) is 5.48. The van der Waals surface area contributed by atoms with Gasteiger partial charge < -0.3 is 15.6 Å². The van der Waals surface area contributed by atoms with Gasteiger partial charge >= 0.3 is 0 Å². The smallest absolute Gasteiger partial charge is 0.250 e. The number of rotatable bonds is 8. The number of ketones is 1. The number of aromatic amines is 1. The third-order valence-electron chi connectivity index (χ3n) is 10.1. The van der Waals surface area contributed by atoms with Gasteiger partial charge in [-0.3, -0.25) is 19.6 Å². The van der Waals surface area contributed by atoms with E-state index in [9.17, 15) is 9.59 Å². The number of aromatic nitrogens is 3. The lowest BCUT2D eigenvalue weighted by atomic mass is 9.71. The number of nitrogens with two attached hydrogens (primary N) is 1. The van der Waals surface area contributed by atoms with E-state index < -0.39 is 0 Å². The first-order chi connectivity index (χ1) is 21.0. The van der Waals surface area contributed by atoms with Crippen LogP contribution in [-0.4, -0.2) is 57.0 Å². The molecule has 1 fully saturated rings. The van der Waals surface area contributed by atoms with Gasteiger partial charge in [-0.2, -0.15) is 0 Å². The van der Waals surface area contributed by atoms with E-state index >= 15 is 0 Å². The maximum Gasteiger partial charge on any atom is 0.250 e. The van der Waals surface area contributed by atoms with Crippen molar-refractivity contribution in [2.75, 3.05) is 19.6 Å². The number of carbonyl (C=O) groups excluding carboxylic acids is 1. The highest BCUT2D eigenvalue weighted by molar-refractivity contribution is 6.41. The number of piperidine rings is 1. The monoisotopic (exact) mass is 594 g/mol. The van der Waals surface area contributed by atoms with E-state index in [0.717, 1.165) is 86.4 Å². The van der Waals surface area contributed by atoms with Crippen LogP contribution >= 0.6 is 0 Å². The number of nitrogens with one attached hydrogen (secondary N) is 1. The Morgan fingerprint density at radius 3 is 2.64 bits per heavy atom. The Labute approximate surface area is 260 Å². The molecule has 6 rings (SSSR count). The summed E-state index contributed by atoms with van der Waals surface area (Å²) >= 11 is 0. The van der Waals surface area contributed by atoms with E-state index in [4.69, 9.17) is 20.7 Å². The molecule has 0 spiro atoms. The number of Topliss-reactive ketones (excluding diaryl/α,β-unsaturated/α-hetero) is 1. The number of pyridine rings is 3. The van der Waals surface area contributed by atoms with Crippen LogP contribution in [0.2, 0.25) is 0 Å². The van der Waals surface area contributed by atoms with Crippen molar-refractivity contribution in [2.24, 2.45) is 22.1 Å². The zero-order valence-corrected chi connectivity index (χ0v) is 26.7. The number of hydrogen-bond acceptors (Lipinski definition) is 7. The molecule has 44 heavy (non-hydrogen) atoms. The van der Waals surface area contributed by atoms with Gasteiger partial charge in [0.2, 0.25) is 0 Å². The summed E-state index contributed by atoms with van der Waals surface area (Å²) < 4.78 is 0. The molecule has 0 aromatic carbocycles. The van der Waals surface area contributed by atoms with Gasteiger partial charge in [-0.15, -0.1) is 0 Å². The quantitative estimate of drug-likeness (QED) is 0.357. The molecule has 3 N–H and O–H groups in total. The minimum Gasteiger partial charge on any atom is -0.328 e. The van der Waals surface area contributed by atoms with Gasteiger partial charge in [-0.1, -0.05) is 26.8 Å². The van der Waals surface area contributed by atoms with E-state index in [1.54, 1.807) is 13.1 Å². The Kier molecular flexibility index (Phi) is 8.66. The lowest BCUT2D eigenvalue weighted by Gasteiger charge is -2.34. The Bertz CT molecular complexity index is 1610. The van der Waals surface area contributed by atoms with Crippen LogP contribution in [0.25, 0.3) is 11.3 Å². The molecule has 1 aliphatic carbocycles. The maximum atomic E-state index is 13.8. The fourth-order valence-electron chi connectivity index (χ4n) is 6.97. The van der Waals surface area contributed by atoms with Crippen LogP contribution in [0, 0.1) is 18.3 Å². The van der Waals surface area contributed by atoms with Crippen LogP contribution in [0.3, 0.4) is 0 Å². The van der Waals surface area contributed by atoms with Gasteiger partial charge in [0.25, 0.3) is 5.56 Å². The van der Waals surface area contributed by atoms with Crippen molar-refractivity contribution in [1.82, 2.24) is 19.9 Å². The topological polar surface area (TPSA) is 117 Å². The standard InChI is InChI=1S/C36H46N6O2/c1-22-15-26(21-39-35(22)44)29-7-5-24(20-38-29)23(9-12-42-13-10-28(37)11-14-42)18-34(43)33-19-32-31(41-33)17-25-16-27(36(2,3)4)6-8-30(25)40-32/h5,7,15,17,20-21,23,27-28H,6,8-14,16,18-19,37H2,1-4H3,(H,39,44)/t23-,27-/m0/s1. The molecule has 232 valence electrons. The number of hydrogen-bond donors (Lipinski definition) is 2. The minimum absolute atomic E-state index is 0.0251. The van der Waals surface area contributed by atoms with Gasteiger partial charge in [-0.05, 0) is 112 Å². The lowest BCUT2D eigenvalue weighted by Crippen LogP contribution is -2.40. The van der Waals surface area contributed by atoms with Crippen molar-refractivity contribution in [3.63, 3.8) is 0 Å². The number of aliphatic imine (C=N–C) groups is 1. The molecular formula is C36H46N6O2. The molecule has 0 radical (unpaired) electrons. The Balaban J connectivity index is 1.19. The molecule has 2 atom stereocenters. The van der Waals surface area contributed by atoms with Crippen molar-refractivity contribution < 1.29 is 4.79 Å². The second-order valence-corrected chi connectivity index (χ2v) is 14.3. The average Bonchev–Trinajstić information content (AvgIpc) is 3.42. The molecule has 8 heteroatoms. The van der Waals surface area contributed by atoms with Gasteiger partial charge in [-0.25, -0.2) is 4.99 Å². The first-order valence-corrected chi connectivity index (χ1v) is 16.3. The van der Waals surface area contributed by atoms with Crippen LogP contribution < -0.4 is 11.3 Å². The van der Waals surface area contributed by atoms with E-state index in [2.05, 4.69) is 42.8 Å². The zero-order valence-electron chi connectivity index (χ0n) is 26.7. The molecule has 3 aliphatic rings. The van der Waals surface area contributed by atoms with E-state index in [1.807, 2.05) is 18.3 Å². The summed E-state index contributed by atoms with van der Waals surface area (Å²) in [5.74, 6) is 0.752. The first-order valence-electron chi connectivity index (χ1n) is 16.3. The Morgan fingerprint density at radius 2 is 1.93 bits per heavy atom. The number of H-pyrrole nitrogens is 1. The van der Waals surface area contributed by atoms with Gasteiger partial charge in [0.1, 0.15) is 0 Å². The highest BCUT2D eigenvalue weighted by atomic mass is 16.1. The highest BCUT2D eigenvalue weighted by Crippen LogP contribution is 2.39. The maximum absolute atomic E-state index is 13.8. The number of likely N-dealkylation sites (tertiary alicyclic amines) is 1. The number of aryl methyl sites for hydroxylation is 2. The van der Waals surface area contributed by atoms with Crippen molar-refractivity contribution >= 4 is 17.2 Å². The zero-order chi connectivity index (χ0) is 31.0. The third-order valence-corrected chi connectivity index (χ3v) is 10.1. The number of fused-ring (bicyclic) bond motifs is 2. The normalized spacial score (nSPS) is 19.8. The summed E-state index contributed by atoms with van der Waals surface area (Å²) in [6.45, 7) is 11.7. The molecule has 0 unspecified atom stereocenters.